The molecule has 3 heterocycles. The Labute approximate surface area is 179 Å². The molecule has 164 valence electrons. The number of rotatable bonds is 7. The zero-order valence-electron chi connectivity index (χ0n) is 18.2. The molecule has 1 amide bonds. The van der Waals surface area contributed by atoms with E-state index in [-0.39, 0.29) is 28.6 Å². The molecule has 31 heavy (non-hydrogen) atoms. The molecular weight excluding hydrogens is 400 g/mol. The van der Waals surface area contributed by atoms with Crippen molar-refractivity contribution in [2.24, 2.45) is 4.99 Å². The standard InChI is InChI=1S/C22H26N4O5/c1-5-30-12-8-11-25-19-16(21(28)26-10-7-9-14(3)18(26)24-19)13-17(22(29)31-6-2)20(25)23-15(4)27/h7,9-10,13H,5-6,8,11-12H2,1-4H3. The van der Waals surface area contributed by atoms with Crippen LogP contribution in [0.1, 0.15) is 43.1 Å². The Morgan fingerprint density at radius 1 is 1.19 bits per heavy atom. The van der Waals surface area contributed by atoms with E-state index in [4.69, 9.17) is 14.5 Å². The first kappa shape index (κ1) is 22.4. The van der Waals surface area contributed by atoms with Gasteiger partial charge in [-0.05, 0) is 44.9 Å². The molecule has 0 saturated carbocycles. The number of pyridine rings is 2. The topological polar surface area (TPSA) is 104 Å². The molecule has 0 fully saturated rings. The smallest absolute Gasteiger partial charge is 0.341 e. The lowest BCUT2D eigenvalue weighted by molar-refractivity contribution is -0.116. The van der Waals surface area contributed by atoms with Gasteiger partial charge in [-0.15, -0.1) is 0 Å². The first-order chi connectivity index (χ1) is 14.9. The molecule has 0 aromatic carbocycles. The Bertz CT molecular complexity index is 1270. The Hall–Kier alpha value is -3.33. The van der Waals surface area contributed by atoms with Gasteiger partial charge in [0.05, 0.1) is 12.0 Å². The Kier molecular flexibility index (Phi) is 6.96. The van der Waals surface area contributed by atoms with E-state index in [2.05, 4.69) is 4.99 Å². The molecule has 0 aliphatic carbocycles. The Balaban J connectivity index is 2.44. The third-order valence-corrected chi connectivity index (χ3v) is 4.74. The summed E-state index contributed by atoms with van der Waals surface area (Å²) >= 11 is 0. The highest BCUT2D eigenvalue weighted by Crippen LogP contribution is 2.14. The monoisotopic (exact) mass is 426 g/mol. The van der Waals surface area contributed by atoms with E-state index in [0.717, 1.165) is 5.56 Å². The van der Waals surface area contributed by atoms with Crippen LogP contribution in [0.25, 0.3) is 16.7 Å². The van der Waals surface area contributed by atoms with Crippen molar-refractivity contribution in [1.29, 1.82) is 0 Å². The zero-order valence-corrected chi connectivity index (χ0v) is 18.2. The minimum absolute atomic E-state index is 0.0486. The number of aromatic nitrogens is 3. The van der Waals surface area contributed by atoms with E-state index >= 15 is 0 Å². The van der Waals surface area contributed by atoms with Crippen LogP contribution in [0.15, 0.2) is 34.2 Å². The Morgan fingerprint density at radius 2 is 1.97 bits per heavy atom. The second kappa shape index (κ2) is 9.65. The van der Waals surface area contributed by atoms with Crippen molar-refractivity contribution in [3.63, 3.8) is 0 Å². The zero-order chi connectivity index (χ0) is 22.5. The van der Waals surface area contributed by atoms with Crippen molar-refractivity contribution in [3.05, 3.63) is 51.4 Å². The van der Waals surface area contributed by atoms with Crippen molar-refractivity contribution < 1.29 is 19.1 Å². The first-order valence-electron chi connectivity index (χ1n) is 10.2. The lowest BCUT2D eigenvalue weighted by atomic mass is 10.2. The predicted molar refractivity (Wildman–Crippen MR) is 115 cm³/mol. The molecule has 0 saturated heterocycles. The molecule has 0 bridgehead atoms. The summed E-state index contributed by atoms with van der Waals surface area (Å²) in [6, 6.07) is 5.04. The molecule has 3 aromatic rings. The van der Waals surface area contributed by atoms with Gasteiger partial charge in [0.15, 0.2) is 5.49 Å². The van der Waals surface area contributed by atoms with Gasteiger partial charge in [0.2, 0.25) is 5.91 Å². The maximum absolute atomic E-state index is 13.3. The summed E-state index contributed by atoms with van der Waals surface area (Å²) in [7, 11) is 0. The third-order valence-electron chi connectivity index (χ3n) is 4.74. The molecule has 0 unspecified atom stereocenters. The minimum Gasteiger partial charge on any atom is -0.462 e. The maximum atomic E-state index is 13.3. The molecule has 3 aromatic heterocycles. The largest absolute Gasteiger partial charge is 0.462 e. The summed E-state index contributed by atoms with van der Waals surface area (Å²) in [5, 5.41) is 0.241. The highest BCUT2D eigenvalue weighted by Gasteiger charge is 2.19. The van der Waals surface area contributed by atoms with Crippen LogP contribution in [0.4, 0.5) is 0 Å². The van der Waals surface area contributed by atoms with Crippen molar-refractivity contribution in [1.82, 2.24) is 14.0 Å². The van der Waals surface area contributed by atoms with E-state index in [1.165, 1.54) is 17.4 Å². The van der Waals surface area contributed by atoms with E-state index in [1.807, 2.05) is 19.9 Å². The van der Waals surface area contributed by atoms with Crippen LogP contribution in [-0.2, 0) is 20.8 Å². The van der Waals surface area contributed by atoms with Gasteiger partial charge in [-0.25, -0.2) is 9.78 Å². The highest BCUT2D eigenvalue weighted by atomic mass is 16.5. The second-order valence-electron chi connectivity index (χ2n) is 6.97. The maximum Gasteiger partial charge on any atom is 0.341 e. The summed E-state index contributed by atoms with van der Waals surface area (Å²) in [6.07, 6.45) is 2.21. The molecule has 9 nitrogen and oxygen atoms in total. The van der Waals surface area contributed by atoms with Crippen LogP contribution in [-0.4, -0.2) is 45.6 Å². The van der Waals surface area contributed by atoms with Crippen molar-refractivity contribution in [3.8, 4) is 0 Å². The van der Waals surface area contributed by atoms with Gasteiger partial charge in [-0.1, -0.05) is 6.07 Å². The Morgan fingerprint density at radius 3 is 2.65 bits per heavy atom. The number of aryl methyl sites for hydroxylation is 2. The van der Waals surface area contributed by atoms with Crippen LogP contribution < -0.4 is 11.0 Å². The lowest BCUT2D eigenvalue weighted by Crippen LogP contribution is -2.33. The summed E-state index contributed by atoms with van der Waals surface area (Å²) < 4.78 is 13.7. The van der Waals surface area contributed by atoms with E-state index in [9.17, 15) is 14.4 Å². The summed E-state index contributed by atoms with van der Waals surface area (Å²) in [5.74, 6) is -1.13. The van der Waals surface area contributed by atoms with Gasteiger partial charge in [0.1, 0.15) is 16.9 Å². The fraction of sp³-hybridized carbons (Fsp3) is 0.409. The van der Waals surface area contributed by atoms with Crippen molar-refractivity contribution in [2.75, 3.05) is 19.8 Å². The van der Waals surface area contributed by atoms with Crippen LogP contribution >= 0.6 is 0 Å². The van der Waals surface area contributed by atoms with Crippen LogP contribution in [0, 0.1) is 6.92 Å². The van der Waals surface area contributed by atoms with Gasteiger partial charge in [0, 0.05) is 32.9 Å². The number of amides is 1. The lowest BCUT2D eigenvalue weighted by Gasteiger charge is -2.15. The fourth-order valence-corrected chi connectivity index (χ4v) is 3.40. The van der Waals surface area contributed by atoms with Crippen molar-refractivity contribution in [2.45, 2.75) is 40.7 Å². The van der Waals surface area contributed by atoms with Gasteiger partial charge >= 0.3 is 5.97 Å². The molecule has 3 rings (SSSR count). The molecule has 0 atom stereocenters. The summed E-state index contributed by atoms with van der Waals surface area (Å²) in [4.78, 5) is 46.6. The number of esters is 1. The van der Waals surface area contributed by atoms with E-state index < -0.39 is 11.9 Å². The van der Waals surface area contributed by atoms with E-state index in [1.54, 1.807) is 23.8 Å². The number of carbonyl (C=O) groups is 2. The van der Waals surface area contributed by atoms with Crippen LogP contribution in [0.3, 0.4) is 0 Å². The number of ether oxygens (including phenoxy) is 2. The number of carbonyl (C=O) groups excluding carboxylic acids is 2. The summed E-state index contributed by atoms with van der Waals surface area (Å²) in [5.41, 5.74) is 1.52. The van der Waals surface area contributed by atoms with Crippen LogP contribution in [0.2, 0.25) is 0 Å². The molecule has 0 radical (unpaired) electrons. The molecule has 9 heteroatoms. The average Bonchev–Trinajstić information content (AvgIpc) is 2.73. The van der Waals surface area contributed by atoms with Gasteiger partial charge in [0.25, 0.3) is 5.56 Å². The SMILES string of the molecule is CCOCCCn1c(=NC(C)=O)c(C(=O)OCC)cc2c(=O)n3cccc(C)c3nc21. The average molecular weight is 426 g/mol. The quantitative estimate of drug-likeness (QED) is 0.325. The van der Waals surface area contributed by atoms with Crippen molar-refractivity contribution >= 4 is 28.6 Å². The van der Waals surface area contributed by atoms with Gasteiger partial charge in [-0.2, -0.15) is 4.99 Å². The first-order valence-corrected chi connectivity index (χ1v) is 10.2. The normalized spacial score (nSPS) is 11.9. The van der Waals surface area contributed by atoms with Gasteiger partial charge in [-0.3, -0.25) is 14.0 Å². The number of hydrogen-bond donors (Lipinski definition) is 0. The number of hydrogen-bond acceptors (Lipinski definition) is 6. The molecule has 0 N–H and O–H groups in total. The van der Waals surface area contributed by atoms with Crippen LogP contribution in [0.5, 0.6) is 0 Å². The molecule has 0 aliphatic rings. The fourth-order valence-electron chi connectivity index (χ4n) is 3.40. The minimum atomic E-state index is -0.656. The molecule has 0 spiro atoms. The van der Waals surface area contributed by atoms with E-state index in [0.29, 0.717) is 37.5 Å². The van der Waals surface area contributed by atoms with Gasteiger partial charge < -0.3 is 14.0 Å². The molecular formula is C22H26N4O5. The molecule has 0 aliphatic heterocycles. The highest BCUT2D eigenvalue weighted by molar-refractivity contribution is 5.93. The number of fused-ring (bicyclic) bond motifs is 2. The second-order valence-corrected chi connectivity index (χ2v) is 6.97. The predicted octanol–water partition coefficient (Wildman–Crippen LogP) is 2.01. The summed E-state index contributed by atoms with van der Waals surface area (Å²) in [6.45, 7) is 8.29. The third kappa shape index (κ3) is 4.56. The number of nitrogens with zero attached hydrogens (tertiary/aromatic N) is 4.